The molecule has 0 radical (unpaired) electrons. The fourth-order valence-electron chi connectivity index (χ4n) is 2.24. The van der Waals surface area contributed by atoms with Crippen molar-refractivity contribution in [2.75, 3.05) is 0 Å². The smallest absolute Gasteiger partial charge is 0.125 e. The number of hydrogen-bond donors (Lipinski definition) is 0. The van der Waals surface area contributed by atoms with Crippen LogP contribution in [0, 0.1) is 6.92 Å². The molecule has 1 aromatic carbocycles. The van der Waals surface area contributed by atoms with Crippen molar-refractivity contribution in [2.45, 2.75) is 59.3 Å². The van der Waals surface area contributed by atoms with E-state index in [-0.39, 0.29) is 10.8 Å². The summed E-state index contributed by atoms with van der Waals surface area (Å²) in [5.41, 5.74) is 3.96. The highest BCUT2D eigenvalue weighted by Crippen LogP contribution is 2.34. The second kappa shape index (κ2) is 4.29. The Morgan fingerprint density at radius 3 is 2.05 bits per heavy atom. The van der Waals surface area contributed by atoms with Gasteiger partial charge in [-0.3, -0.25) is 0 Å². The van der Waals surface area contributed by atoms with E-state index in [0.29, 0.717) is 0 Å². The van der Waals surface area contributed by atoms with Crippen LogP contribution in [0.1, 0.15) is 58.5 Å². The van der Waals surface area contributed by atoms with Crippen molar-refractivity contribution in [3.8, 4) is 0 Å². The van der Waals surface area contributed by atoms with E-state index < -0.39 is 0 Å². The zero-order valence-corrected chi connectivity index (χ0v) is 13.1. The molecule has 1 aromatic heterocycles. The van der Waals surface area contributed by atoms with Gasteiger partial charge in [0.05, 0.1) is 5.52 Å². The molecule has 0 aliphatic carbocycles. The molecule has 0 fully saturated rings. The minimum atomic E-state index is 0.0836. The number of fused-ring (bicyclic) bond motifs is 1. The number of benzene rings is 1. The van der Waals surface area contributed by atoms with Gasteiger partial charge in [0.25, 0.3) is 0 Å². The van der Waals surface area contributed by atoms with Crippen LogP contribution in [0.5, 0.6) is 0 Å². The van der Waals surface area contributed by atoms with Crippen LogP contribution in [-0.2, 0) is 10.8 Å². The van der Waals surface area contributed by atoms with Gasteiger partial charge in [-0.1, -0.05) is 47.6 Å². The zero-order valence-electron chi connectivity index (χ0n) is 13.1. The van der Waals surface area contributed by atoms with Gasteiger partial charge in [0.15, 0.2) is 0 Å². The summed E-state index contributed by atoms with van der Waals surface area (Å²) in [6, 6.07) is 4.54. The summed E-state index contributed by atoms with van der Waals surface area (Å²) in [5, 5.41) is 1.14. The summed E-state index contributed by atoms with van der Waals surface area (Å²) in [7, 11) is 0. The second-order valence-corrected chi connectivity index (χ2v) is 7.38. The Morgan fingerprint density at radius 2 is 1.53 bits per heavy atom. The zero-order chi connectivity index (χ0) is 14.4. The molecule has 0 aliphatic heterocycles. The van der Waals surface area contributed by atoms with Crippen LogP contribution < -0.4 is 0 Å². The molecule has 0 amide bonds. The van der Waals surface area contributed by atoms with Crippen LogP contribution in [-0.4, -0.2) is 9.97 Å². The molecular weight excluding hydrogens is 232 g/mol. The highest BCUT2D eigenvalue weighted by molar-refractivity contribution is 5.83. The molecule has 1 heterocycles. The number of aryl methyl sites for hydroxylation is 1. The third-order valence-corrected chi connectivity index (χ3v) is 3.48. The molecular formula is C17H24N2. The Kier molecular flexibility index (Phi) is 3.16. The lowest BCUT2D eigenvalue weighted by atomic mass is 9.79. The molecule has 102 valence electrons. The van der Waals surface area contributed by atoms with Gasteiger partial charge in [0, 0.05) is 11.6 Å². The largest absolute Gasteiger partial charge is 0.241 e. The van der Waals surface area contributed by atoms with E-state index in [1.165, 1.54) is 11.1 Å². The van der Waals surface area contributed by atoms with Crippen molar-refractivity contribution in [2.24, 2.45) is 0 Å². The second-order valence-electron chi connectivity index (χ2n) is 7.38. The van der Waals surface area contributed by atoms with Crippen LogP contribution in [0.2, 0.25) is 0 Å². The van der Waals surface area contributed by atoms with Gasteiger partial charge in [-0.2, -0.15) is 0 Å². The normalized spacial score (nSPS) is 13.0. The van der Waals surface area contributed by atoms with Crippen LogP contribution >= 0.6 is 0 Å². The number of aromatic nitrogens is 2. The van der Waals surface area contributed by atoms with Gasteiger partial charge >= 0.3 is 0 Å². The van der Waals surface area contributed by atoms with E-state index in [2.05, 4.69) is 63.6 Å². The highest BCUT2D eigenvalue weighted by atomic mass is 14.9. The molecule has 0 spiro atoms. The third kappa shape index (κ3) is 2.78. The maximum Gasteiger partial charge on any atom is 0.125 e. The molecule has 0 saturated carbocycles. The first-order valence-electron chi connectivity index (χ1n) is 6.87. The molecule has 0 aliphatic rings. The van der Waals surface area contributed by atoms with Crippen molar-refractivity contribution >= 4 is 10.9 Å². The Balaban J connectivity index is 2.85. The molecule has 0 N–H and O–H groups in total. The van der Waals surface area contributed by atoms with E-state index in [0.717, 1.165) is 16.7 Å². The first-order chi connectivity index (χ1) is 8.59. The molecule has 2 rings (SSSR count). The molecule has 0 bridgehead atoms. The summed E-state index contributed by atoms with van der Waals surface area (Å²) in [6.07, 6.45) is 1.95. The summed E-state index contributed by atoms with van der Waals surface area (Å²) >= 11 is 0. The average molecular weight is 256 g/mol. The van der Waals surface area contributed by atoms with Crippen LogP contribution in [0.25, 0.3) is 10.9 Å². The number of hydrogen-bond acceptors (Lipinski definition) is 2. The standard InChI is InChI=1S/C17H24N2/c1-11-18-10-12-8-13(16(2,3)4)9-14(15(12)19-11)17(5,6)7/h8-10H,1-7H3. The summed E-state index contributed by atoms with van der Waals surface area (Å²) < 4.78 is 0. The van der Waals surface area contributed by atoms with E-state index in [4.69, 9.17) is 0 Å². The van der Waals surface area contributed by atoms with Crippen LogP contribution in [0.15, 0.2) is 18.3 Å². The minimum absolute atomic E-state index is 0.0836. The van der Waals surface area contributed by atoms with Gasteiger partial charge < -0.3 is 0 Å². The highest BCUT2D eigenvalue weighted by Gasteiger charge is 2.22. The van der Waals surface area contributed by atoms with E-state index in [1.54, 1.807) is 0 Å². The molecule has 2 aromatic rings. The van der Waals surface area contributed by atoms with E-state index in [1.807, 2.05) is 13.1 Å². The summed E-state index contributed by atoms with van der Waals surface area (Å²) in [6.45, 7) is 15.4. The van der Waals surface area contributed by atoms with E-state index >= 15 is 0 Å². The lowest BCUT2D eigenvalue weighted by Crippen LogP contribution is -2.17. The quantitative estimate of drug-likeness (QED) is 0.692. The molecule has 0 atom stereocenters. The predicted octanol–water partition coefficient (Wildman–Crippen LogP) is 4.53. The molecule has 19 heavy (non-hydrogen) atoms. The van der Waals surface area contributed by atoms with Gasteiger partial charge in [-0.25, -0.2) is 9.97 Å². The topological polar surface area (TPSA) is 25.8 Å². The fraction of sp³-hybridized carbons (Fsp3) is 0.529. The Labute approximate surface area is 116 Å². The molecule has 2 heteroatoms. The first-order valence-corrected chi connectivity index (χ1v) is 6.87. The van der Waals surface area contributed by atoms with Gasteiger partial charge in [-0.05, 0) is 34.9 Å². The van der Waals surface area contributed by atoms with Crippen molar-refractivity contribution < 1.29 is 0 Å². The monoisotopic (exact) mass is 256 g/mol. The van der Waals surface area contributed by atoms with Crippen molar-refractivity contribution in [1.29, 1.82) is 0 Å². The van der Waals surface area contributed by atoms with Crippen molar-refractivity contribution in [1.82, 2.24) is 9.97 Å². The average Bonchev–Trinajstić information content (AvgIpc) is 2.24. The Morgan fingerprint density at radius 1 is 0.895 bits per heavy atom. The maximum atomic E-state index is 4.65. The van der Waals surface area contributed by atoms with Crippen LogP contribution in [0.4, 0.5) is 0 Å². The van der Waals surface area contributed by atoms with Gasteiger partial charge in [-0.15, -0.1) is 0 Å². The SMILES string of the molecule is Cc1ncc2cc(C(C)(C)C)cc(C(C)(C)C)c2n1. The third-order valence-electron chi connectivity index (χ3n) is 3.48. The Bertz CT molecular complexity index is 613. The predicted molar refractivity (Wildman–Crippen MR) is 81.7 cm³/mol. The molecule has 0 saturated heterocycles. The first kappa shape index (κ1) is 14.0. The lowest BCUT2D eigenvalue weighted by molar-refractivity contribution is 0.572. The minimum Gasteiger partial charge on any atom is -0.241 e. The lowest BCUT2D eigenvalue weighted by Gasteiger charge is -2.26. The van der Waals surface area contributed by atoms with Gasteiger partial charge in [0.1, 0.15) is 5.82 Å². The maximum absolute atomic E-state index is 4.65. The van der Waals surface area contributed by atoms with Crippen LogP contribution in [0.3, 0.4) is 0 Å². The fourth-order valence-corrected chi connectivity index (χ4v) is 2.24. The molecule has 0 unspecified atom stereocenters. The Hall–Kier alpha value is -1.44. The number of nitrogens with zero attached hydrogens (tertiary/aromatic N) is 2. The number of rotatable bonds is 0. The van der Waals surface area contributed by atoms with Crippen molar-refractivity contribution in [3.05, 3.63) is 35.3 Å². The van der Waals surface area contributed by atoms with E-state index in [9.17, 15) is 0 Å². The molecule has 2 nitrogen and oxygen atoms in total. The summed E-state index contributed by atoms with van der Waals surface area (Å²) in [4.78, 5) is 9.00. The van der Waals surface area contributed by atoms with Gasteiger partial charge in [0.2, 0.25) is 0 Å². The summed E-state index contributed by atoms with van der Waals surface area (Å²) in [5.74, 6) is 0.835. The van der Waals surface area contributed by atoms with Crippen molar-refractivity contribution in [3.63, 3.8) is 0 Å².